The molecule has 0 aliphatic heterocycles. The lowest BCUT2D eigenvalue weighted by atomic mass is 10.1. The number of urea groups is 1. The average Bonchev–Trinajstić information content (AvgIpc) is 2.54. The lowest BCUT2D eigenvalue weighted by Crippen LogP contribution is -2.37. The van der Waals surface area contributed by atoms with Crippen LogP contribution in [0.3, 0.4) is 0 Å². The van der Waals surface area contributed by atoms with Crippen molar-refractivity contribution in [3.8, 4) is 0 Å². The van der Waals surface area contributed by atoms with Crippen LogP contribution in [0, 0.1) is 0 Å². The van der Waals surface area contributed by atoms with Gasteiger partial charge in [0.25, 0.3) is 0 Å². The fraction of sp³-hybridized carbons (Fsp3) is 0.278. The molecule has 116 valence electrons. The lowest BCUT2D eigenvalue weighted by Gasteiger charge is -2.08. The highest BCUT2D eigenvalue weighted by atomic mass is 79.9. The molecule has 0 radical (unpaired) electrons. The first-order chi connectivity index (χ1) is 10.8. The van der Waals surface area contributed by atoms with Crippen LogP contribution < -0.4 is 10.6 Å². The van der Waals surface area contributed by atoms with E-state index in [-0.39, 0.29) is 6.03 Å². The van der Waals surface area contributed by atoms with Gasteiger partial charge in [-0.15, -0.1) is 0 Å². The van der Waals surface area contributed by atoms with E-state index in [2.05, 4.69) is 44.8 Å². The van der Waals surface area contributed by atoms with Crippen LogP contribution in [0.5, 0.6) is 0 Å². The fourth-order valence-electron chi connectivity index (χ4n) is 2.21. The maximum atomic E-state index is 11.7. The summed E-state index contributed by atoms with van der Waals surface area (Å²) in [6, 6.07) is 18.3. The SMILES string of the molecule is O=C(NCCCc1ccccc1)NCCc1ccccc1Br. The standard InChI is InChI=1S/C18H21BrN2O/c19-17-11-5-4-10-16(17)12-14-21-18(22)20-13-6-9-15-7-2-1-3-8-15/h1-5,7-8,10-11H,6,9,12-14H2,(H2,20,21,22). The van der Waals surface area contributed by atoms with Gasteiger partial charge in [-0.3, -0.25) is 0 Å². The predicted octanol–water partition coefficient (Wildman–Crippen LogP) is 3.92. The Hall–Kier alpha value is -1.81. The van der Waals surface area contributed by atoms with Gasteiger partial charge in [-0.1, -0.05) is 64.5 Å². The number of benzene rings is 2. The third-order valence-corrected chi connectivity index (χ3v) is 4.18. The van der Waals surface area contributed by atoms with Gasteiger partial charge in [0.05, 0.1) is 0 Å². The zero-order valence-electron chi connectivity index (χ0n) is 12.5. The zero-order chi connectivity index (χ0) is 15.6. The molecular weight excluding hydrogens is 340 g/mol. The molecule has 0 bridgehead atoms. The molecule has 2 rings (SSSR count). The van der Waals surface area contributed by atoms with E-state index in [1.807, 2.05) is 36.4 Å². The van der Waals surface area contributed by atoms with E-state index in [0.717, 1.165) is 23.7 Å². The molecule has 4 heteroatoms. The Balaban J connectivity index is 1.57. The molecule has 0 fully saturated rings. The summed E-state index contributed by atoms with van der Waals surface area (Å²) in [5.41, 5.74) is 2.51. The van der Waals surface area contributed by atoms with Gasteiger partial charge in [-0.05, 0) is 36.5 Å². The number of carbonyl (C=O) groups is 1. The normalized spacial score (nSPS) is 10.2. The van der Waals surface area contributed by atoms with Crippen LogP contribution in [-0.4, -0.2) is 19.1 Å². The number of nitrogens with one attached hydrogen (secondary N) is 2. The van der Waals surface area contributed by atoms with Crippen molar-refractivity contribution in [1.82, 2.24) is 10.6 Å². The van der Waals surface area contributed by atoms with Gasteiger partial charge in [-0.2, -0.15) is 0 Å². The summed E-state index contributed by atoms with van der Waals surface area (Å²) >= 11 is 3.51. The largest absolute Gasteiger partial charge is 0.338 e. The summed E-state index contributed by atoms with van der Waals surface area (Å²) in [6.07, 6.45) is 2.75. The summed E-state index contributed by atoms with van der Waals surface area (Å²) in [7, 11) is 0. The van der Waals surface area contributed by atoms with E-state index in [1.165, 1.54) is 11.1 Å². The Morgan fingerprint density at radius 1 is 0.864 bits per heavy atom. The van der Waals surface area contributed by atoms with Gasteiger partial charge in [0.15, 0.2) is 0 Å². The minimum Gasteiger partial charge on any atom is -0.338 e. The molecule has 0 aliphatic rings. The molecule has 0 saturated heterocycles. The Labute approximate surface area is 140 Å². The molecule has 0 aliphatic carbocycles. The second kappa shape index (κ2) is 9.26. The topological polar surface area (TPSA) is 41.1 Å². The molecule has 3 nitrogen and oxygen atoms in total. The van der Waals surface area contributed by atoms with Crippen LogP contribution in [0.15, 0.2) is 59.1 Å². The monoisotopic (exact) mass is 360 g/mol. The third kappa shape index (κ3) is 5.90. The van der Waals surface area contributed by atoms with Gasteiger partial charge >= 0.3 is 6.03 Å². The molecule has 0 aromatic heterocycles. The third-order valence-electron chi connectivity index (χ3n) is 3.41. The van der Waals surface area contributed by atoms with Crippen molar-refractivity contribution in [1.29, 1.82) is 0 Å². The van der Waals surface area contributed by atoms with Crippen molar-refractivity contribution in [2.45, 2.75) is 19.3 Å². The van der Waals surface area contributed by atoms with Crippen LogP contribution in [-0.2, 0) is 12.8 Å². The van der Waals surface area contributed by atoms with Gasteiger partial charge in [-0.25, -0.2) is 4.79 Å². The summed E-state index contributed by atoms with van der Waals surface area (Å²) in [6.45, 7) is 1.32. The molecule has 0 saturated carbocycles. The maximum Gasteiger partial charge on any atom is 0.314 e. The molecule has 2 N–H and O–H groups in total. The summed E-state index contributed by atoms with van der Waals surface area (Å²) in [4.78, 5) is 11.7. The molecule has 0 atom stereocenters. The van der Waals surface area contributed by atoms with Crippen LogP contribution in [0.4, 0.5) is 4.79 Å². The smallest absolute Gasteiger partial charge is 0.314 e. The van der Waals surface area contributed by atoms with E-state index in [0.29, 0.717) is 13.1 Å². The van der Waals surface area contributed by atoms with E-state index >= 15 is 0 Å². The van der Waals surface area contributed by atoms with Crippen LogP contribution >= 0.6 is 15.9 Å². The maximum absolute atomic E-state index is 11.7. The van der Waals surface area contributed by atoms with E-state index in [9.17, 15) is 4.79 Å². The minimum absolute atomic E-state index is 0.0971. The summed E-state index contributed by atoms with van der Waals surface area (Å²) in [5.74, 6) is 0. The molecule has 0 unspecified atom stereocenters. The van der Waals surface area contributed by atoms with Gasteiger partial charge in [0.1, 0.15) is 0 Å². The second-order valence-corrected chi connectivity index (χ2v) is 5.97. The van der Waals surface area contributed by atoms with Crippen molar-refractivity contribution >= 4 is 22.0 Å². The Kier molecular flexibility index (Phi) is 6.97. The van der Waals surface area contributed by atoms with Gasteiger partial charge < -0.3 is 10.6 Å². The highest BCUT2D eigenvalue weighted by molar-refractivity contribution is 9.10. The Morgan fingerprint density at radius 3 is 2.32 bits per heavy atom. The minimum atomic E-state index is -0.0971. The quantitative estimate of drug-likeness (QED) is 0.721. The van der Waals surface area contributed by atoms with Crippen LogP contribution in [0.1, 0.15) is 17.5 Å². The molecule has 0 heterocycles. The Bertz CT molecular complexity index is 587. The van der Waals surface area contributed by atoms with Crippen molar-refractivity contribution in [2.75, 3.05) is 13.1 Å². The van der Waals surface area contributed by atoms with E-state index in [1.54, 1.807) is 0 Å². The predicted molar refractivity (Wildman–Crippen MR) is 94.0 cm³/mol. The molecule has 0 spiro atoms. The average molecular weight is 361 g/mol. The molecule has 2 aromatic rings. The highest BCUT2D eigenvalue weighted by Gasteiger charge is 2.01. The van der Waals surface area contributed by atoms with E-state index in [4.69, 9.17) is 0 Å². The van der Waals surface area contributed by atoms with Gasteiger partial charge in [0, 0.05) is 17.6 Å². The number of halogens is 1. The number of amides is 2. The number of aryl methyl sites for hydroxylation is 1. The van der Waals surface area contributed by atoms with Crippen LogP contribution in [0.2, 0.25) is 0 Å². The second-order valence-electron chi connectivity index (χ2n) is 5.11. The first kappa shape index (κ1) is 16.6. The van der Waals surface area contributed by atoms with Crippen molar-refractivity contribution in [3.05, 3.63) is 70.2 Å². The number of carbonyl (C=O) groups excluding carboxylic acids is 1. The summed E-state index contributed by atoms with van der Waals surface area (Å²) in [5, 5.41) is 5.78. The van der Waals surface area contributed by atoms with E-state index < -0.39 is 0 Å². The first-order valence-corrected chi connectivity index (χ1v) is 8.34. The first-order valence-electron chi connectivity index (χ1n) is 7.55. The summed E-state index contributed by atoms with van der Waals surface area (Å²) < 4.78 is 1.08. The lowest BCUT2D eigenvalue weighted by molar-refractivity contribution is 0.241. The molecule has 22 heavy (non-hydrogen) atoms. The highest BCUT2D eigenvalue weighted by Crippen LogP contribution is 2.15. The van der Waals surface area contributed by atoms with Crippen molar-refractivity contribution in [3.63, 3.8) is 0 Å². The molecular formula is C18H21BrN2O. The Morgan fingerprint density at radius 2 is 1.55 bits per heavy atom. The number of hydrogen-bond donors (Lipinski definition) is 2. The van der Waals surface area contributed by atoms with Crippen molar-refractivity contribution < 1.29 is 4.79 Å². The van der Waals surface area contributed by atoms with Crippen LogP contribution in [0.25, 0.3) is 0 Å². The van der Waals surface area contributed by atoms with Crippen molar-refractivity contribution in [2.24, 2.45) is 0 Å². The number of rotatable bonds is 7. The molecule has 2 aromatic carbocycles. The number of hydrogen-bond acceptors (Lipinski definition) is 1. The fourth-order valence-corrected chi connectivity index (χ4v) is 2.70. The molecule has 2 amide bonds. The van der Waals surface area contributed by atoms with Gasteiger partial charge in [0.2, 0.25) is 0 Å². The zero-order valence-corrected chi connectivity index (χ0v) is 14.1.